The lowest BCUT2D eigenvalue weighted by molar-refractivity contribution is -0.0984. The summed E-state index contributed by atoms with van der Waals surface area (Å²) in [5.74, 6) is 1.57. The molecule has 2 aromatic rings. The summed E-state index contributed by atoms with van der Waals surface area (Å²) in [7, 11) is -3.92. The van der Waals surface area contributed by atoms with Gasteiger partial charge in [0.2, 0.25) is 16.8 Å². The van der Waals surface area contributed by atoms with Crippen molar-refractivity contribution in [2.24, 2.45) is 5.92 Å². The average Bonchev–Trinajstić information content (AvgIpc) is 3.34. The van der Waals surface area contributed by atoms with Gasteiger partial charge in [0.1, 0.15) is 5.75 Å². The maximum Gasteiger partial charge on any atom is 0.431 e. The van der Waals surface area contributed by atoms with Crippen LogP contribution < -0.4 is 14.2 Å². The Hall–Kier alpha value is -2.29. The van der Waals surface area contributed by atoms with E-state index in [2.05, 4.69) is 22.6 Å². The molecule has 0 saturated heterocycles. The van der Waals surface area contributed by atoms with E-state index in [1.165, 1.54) is 16.4 Å². The number of rotatable bonds is 14. The van der Waals surface area contributed by atoms with Crippen LogP contribution in [-0.2, 0) is 16.4 Å². The monoisotopic (exact) mass is 648 g/mol. The van der Waals surface area contributed by atoms with E-state index < -0.39 is 22.2 Å². The molecular weight excluding hydrogens is 615 g/mol. The van der Waals surface area contributed by atoms with Crippen molar-refractivity contribution in [3.8, 4) is 17.2 Å². The number of alkyl halides is 1. The van der Waals surface area contributed by atoms with Crippen LogP contribution in [0, 0.1) is 5.92 Å². The molecule has 1 aliphatic heterocycles. The lowest BCUT2D eigenvalue weighted by Gasteiger charge is -2.28. The highest BCUT2D eigenvalue weighted by molar-refractivity contribution is 14.1. The number of halogens is 1. The van der Waals surface area contributed by atoms with Crippen molar-refractivity contribution in [2.75, 3.05) is 30.9 Å². The van der Waals surface area contributed by atoms with Crippen LogP contribution in [-0.4, -0.2) is 71.2 Å². The van der Waals surface area contributed by atoms with Crippen molar-refractivity contribution in [3.63, 3.8) is 0 Å². The number of fused-ring (bicyclic) bond motifs is 1. The number of benzene rings is 2. The van der Waals surface area contributed by atoms with Crippen LogP contribution in [0.25, 0.3) is 0 Å². The van der Waals surface area contributed by atoms with Gasteiger partial charge in [0, 0.05) is 23.6 Å². The predicted octanol–water partition coefficient (Wildman–Crippen LogP) is 4.64. The zero-order chi connectivity index (χ0) is 27.0. The van der Waals surface area contributed by atoms with E-state index in [0.717, 1.165) is 16.4 Å². The smallest absolute Gasteiger partial charge is 0.431 e. The third-order valence-electron chi connectivity index (χ3n) is 5.75. The first kappa shape index (κ1) is 29.3. The molecule has 2 N–H and O–H groups in total. The largest absolute Gasteiger partial charge is 0.494 e. The molecule has 37 heavy (non-hydrogen) atoms. The highest BCUT2D eigenvalue weighted by atomic mass is 127. The molecule has 1 aliphatic rings. The standard InChI is InChI=1S/C25H33IN2O8S/c1-18(2)16-27(37(32,33)22-8-9-23-24(15-22)36-17-35-23)12-10-20(28(31)25(29)30)14-19-4-6-21(7-5-19)34-13-3-11-26/h4-9,15,18,20,31H,3,10-14,16-17H2,1-2H3,(H,29,30). The molecule has 1 amide bonds. The summed E-state index contributed by atoms with van der Waals surface area (Å²) < 4.78 is 45.6. The van der Waals surface area contributed by atoms with Gasteiger partial charge in [-0.1, -0.05) is 48.6 Å². The molecule has 0 bridgehead atoms. The van der Waals surface area contributed by atoms with Gasteiger partial charge in [-0.3, -0.25) is 5.21 Å². The Morgan fingerprint density at radius 2 is 1.84 bits per heavy atom. The molecule has 1 unspecified atom stereocenters. The van der Waals surface area contributed by atoms with Gasteiger partial charge in [-0.15, -0.1) is 0 Å². The summed E-state index contributed by atoms with van der Waals surface area (Å²) in [5.41, 5.74) is 0.792. The van der Waals surface area contributed by atoms with Crippen LogP contribution in [0.15, 0.2) is 47.4 Å². The molecule has 0 aromatic heterocycles. The minimum absolute atomic E-state index is 0.0153. The molecule has 2 aromatic carbocycles. The minimum atomic E-state index is -3.92. The third-order valence-corrected chi connectivity index (χ3v) is 8.37. The lowest BCUT2D eigenvalue weighted by atomic mass is 10.0. The number of carboxylic acid groups (broad SMARTS) is 1. The highest BCUT2D eigenvalue weighted by Crippen LogP contribution is 2.35. The second-order valence-corrected chi connectivity index (χ2v) is 12.1. The Kier molecular flexibility index (Phi) is 10.7. The minimum Gasteiger partial charge on any atom is -0.494 e. The maximum absolute atomic E-state index is 13.5. The van der Waals surface area contributed by atoms with Crippen molar-refractivity contribution in [1.82, 2.24) is 9.37 Å². The first-order valence-corrected chi connectivity index (χ1v) is 15.0. The predicted molar refractivity (Wildman–Crippen MR) is 145 cm³/mol. The van der Waals surface area contributed by atoms with Crippen LogP contribution >= 0.6 is 22.6 Å². The van der Waals surface area contributed by atoms with E-state index in [4.69, 9.17) is 14.2 Å². The van der Waals surface area contributed by atoms with E-state index in [0.29, 0.717) is 23.9 Å². The van der Waals surface area contributed by atoms with Gasteiger partial charge in [0.25, 0.3) is 0 Å². The van der Waals surface area contributed by atoms with E-state index >= 15 is 0 Å². The molecule has 1 atom stereocenters. The van der Waals surface area contributed by atoms with Gasteiger partial charge >= 0.3 is 6.09 Å². The van der Waals surface area contributed by atoms with Crippen LogP contribution in [0.5, 0.6) is 17.2 Å². The van der Waals surface area contributed by atoms with Crippen molar-refractivity contribution >= 4 is 38.7 Å². The first-order chi connectivity index (χ1) is 17.6. The first-order valence-electron chi connectivity index (χ1n) is 12.0. The molecule has 0 saturated carbocycles. The van der Waals surface area contributed by atoms with Crippen molar-refractivity contribution in [2.45, 2.75) is 44.0 Å². The number of sulfonamides is 1. The molecule has 0 spiro atoms. The quantitative estimate of drug-likeness (QED) is 0.0999. The summed E-state index contributed by atoms with van der Waals surface area (Å²) in [6.07, 6.45) is -0.272. The highest BCUT2D eigenvalue weighted by Gasteiger charge is 2.30. The fraction of sp³-hybridized carbons (Fsp3) is 0.480. The van der Waals surface area contributed by atoms with Gasteiger partial charge in [-0.25, -0.2) is 13.2 Å². The normalized spacial score (nSPS) is 13.7. The Labute approximate surface area is 231 Å². The SMILES string of the molecule is CC(C)CN(CCC(Cc1ccc(OCCCI)cc1)N(O)C(=O)O)S(=O)(=O)c1ccc2c(c1)OCO2. The van der Waals surface area contributed by atoms with E-state index in [1.54, 1.807) is 18.2 Å². The van der Waals surface area contributed by atoms with Crippen molar-refractivity contribution in [3.05, 3.63) is 48.0 Å². The van der Waals surface area contributed by atoms with Gasteiger partial charge in [-0.05, 0) is 55.0 Å². The number of amides is 1. The van der Waals surface area contributed by atoms with Crippen LogP contribution in [0.3, 0.4) is 0 Å². The molecule has 0 aliphatic carbocycles. The Bertz CT molecular complexity index is 1140. The number of hydrogen-bond acceptors (Lipinski definition) is 7. The molecule has 204 valence electrons. The average molecular weight is 649 g/mol. The molecule has 10 nitrogen and oxygen atoms in total. The molecule has 0 fully saturated rings. The Morgan fingerprint density at radius 3 is 2.49 bits per heavy atom. The Morgan fingerprint density at radius 1 is 1.14 bits per heavy atom. The van der Waals surface area contributed by atoms with Gasteiger partial charge in [0.15, 0.2) is 11.5 Å². The number of nitrogens with zero attached hydrogens (tertiary/aromatic N) is 2. The van der Waals surface area contributed by atoms with Gasteiger partial charge in [-0.2, -0.15) is 9.37 Å². The molecule has 3 rings (SSSR count). The van der Waals surface area contributed by atoms with Gasteiger partial charge < -0.3 is 19.3 Å². The fourth-order valence-corrected chi connectivity index (χ4v) is 5.85. The summed E-state index contributed by atoms with van der Waals surface area (Å²) in [6, 6.07) is 10.8. The molecular formula is C25H33IN2O8S. The Balaban J connectivity index is 1.75. The van der Waals surface area contributed by atoms with Crippen molar-refractivity contribution < 1.29 is 37.7 Å². The van der Waals surface area contributed by atoms with E-state index in [1.807, 2.05) is 26.0 Å². The fourth-order valence-electron chi connectivity index (χ4n) is 3.90. The van der Waals surface area contributed by atoms with Crippen LogP contribution in [0.4, 0.5) is 4.79 Å². The summed E-state index contributed by atoms with van der Waals surface area (Å²) in [5, 5.41) is 20.0. The summed E-state index contributed by atoms with van der Waals surface area (Å²) in [4.78, 5) is 11.6. The molecule has 1 heterocycles. The van der Waals surface area contributed by atoms with Gasteiger partial charge in [0.05, 0.1) is 17.5 Å². The van der Waals surface area contributed by atoms with E-state index in [9.17, 15) is 23.5 Å². The second kappa shape index (κ2) is 13.5. The number of hydroxylamine groups is 2. The van der Waals surface area contributed by atoms with Crippen LogP contribution in [0.1, 0.15) is 32.3 Å². The number of carbonyl (C=O) groups is 1. The van der Waals surface area contributed by atoms with Crippen LogP contribution in [0.2, 0.25) is 0 Å². The number of hydrogen-bond donors (Lipinski definition) is 2. The van der Waals surface area contributed by atoms with Crippen molar-refractivity contribution in [1.29, 1.82) is 0 Å². The zero-order valence-electron chi connectivity index (χ0n) is 20.9. The topological polar surface area (TPSA) is 126 Å². The zero-order valence-corrected chi connectivity index (χ0v) is 23.9. The molecule has 12 heteroatoms. The maximum atomic E-state index is 13.5. The molecule has 0 radical (unpaired) electrons. The van der Waals surface area contributed by atoms with E-state index in [-0.39, 0.29) is 48.6 Å². The second-order valence-electron chi connectivity index (χ2n) is 9.08. The third kappa shape index (κ3) is 8.09. The lowest BCUT2D eigenvalue weighted by Crippen LogP contribution is -2.42. The summed E-state index contributed by atoms with van der Waals surface area (Å²) in [6.45, 7) is 4.69. The summed E-state index contributed by atoms with van der Waals surface area (Å²) >= 11 is 2.29. The number of ether oxygens (including phenoxy) is 3.